The lowest BCUT2D eigenvalue weighted by molar-refractivity contribution is -0.157. The average molecular weight is 373 g/mol. The number of rotatable bonds is 4. The molecule has 4 rings (SSSR count). The fraction of sp³-hybridized carbons (Fsp3) is 0.792. The summed E-state index contributed by atoms with van der Waals surface area (Å²) in [7, 11) is 0. The number of hydrogen-bond acceptors (Lipinski definition) is 3. The van der Waals surface area contributed by atoms with Gasteiger partial charge in [0.05, 0.1) is 18.8 Å². The van der Waals surface area contributed by atoms with Crippen molar-refractivity contribution in [3.8, 4) is 0 Å². The van der Waals surface area contributed by atoms with Crippen LogP contribution in [0.4, 0.5) is 0 Å². The molecule has 27 heavy (non-hydrogen) atoms. The summed E-state index contributed by atoms with van der Waals surface area (Å²) in [5.41, 5.74) is 1.45. The smallest absolute Gasteiger partial charge is 0.155 e. The molecule has 4 aliphatic carbocycles. The van der Waals surface area contributed by atoms with E-state index in [-0.39, 0.29) is 23.0 Å². The third-order valence-corrected chi connectivity index (χ3v) is 8.63. The normalized spacial score (nSPS) is 46.7. The fourth-order valence-corrected chi connectivity index (χ4v) is 7.20. The Balaban J connectivity index is 1.68. The van der Waals surface area contributed by atoms with Gasteiger partial charge in [0.25, 0.3) is 0 Å². The number of aliphatic hydroxyl groups excluding tert-OH is 1. The highest BCUT2D eigenvalue weighted by Crippen LogP contribution is 2.65. The second-order valence-corrected chi connectivity index (χ2v) is 9.94. The zero-order chi connectivity index (χ0) is 19.2. The molecule has 0 aliphatic heterocycles. The quantitative estimate of drug-likeness (QED) is 0.718. The molecule has 1 N–H and O–H groups in total. The number of carbonyl (C=O) groups excluding carboxylic acids is 1. The molecule has 0 heterocycles. The molecule has 0 bridgehead atoms. The SMILES string of the molecule is CC/C=C/COC1CC2(C)C(O)CCC2C2CCC3=CC(=O)CCC3(C)C12. The summed E-state index contributed by atoms with van der Waals surface area (Å²) >= 11 is 0. The van der Waals surface area contributed by atoms with Crippen LogP contribution < -0.4 is 0 Å². The lowest BCUT2D eigenvalue weighted by atomic mass is 9.46. The Kier molecular flexibility index (Phi) is 5.13. The second kappa shape index (κ2) is 7.15. The van der Waals surface area contributed by atoms with Gasteiger partial charge in [-0.25, -0.2) is 0 Å². The minimum atomic E-state index is -0.196. The van der Waals surface area contributed by atoms with E-state index < -0.39 is 0 Å². The predicted molar refractivity (Wildman–Crippen MR) is 107 cm³/mol. The van der Waals surface area contributed by atoms with E-state index in [0.29, 0.717) is 36.6 Å². The van der Waals surface area contributed by atoms with Crippen LogP contribution in [0, 0.1) is 28.6 Å². The largest absolute Gasteiger partial charge is 0.393 e. The van der Waals surface area contributed by atoms with Crippen LogP contribution in [0.3, 0.4) is 0 Å². The van der Waals surface area contributed by atoms with Crippen LogP contribution in [0.15, 0.2) is 23.8 Å². The van der Waals surface area contributed by atoms with Gasteiger partial charge in [0.15, 0.2) is 5.78 Å². The highest BCUT2D eigenvalue weighted by molar-refractivity contribution is 5.91. The van der Waals surface area contributed by atoms with Crippen molar-refractivity contribution in [2.75, 3.05) is 6.61 Å². The number of aliphatic hydroxyl groups is 1. The van der Waals surface area contributed by atoms with Crippen molar-refractivity contribution >= 4 is 5.78 Å². The molecule has 3 heteroatoms. The van der Waals surface area contributed by atoms with Crippen molar-refractivity contribution in [3.63, 3.8) is 0 Å². The van der Waals surface area contributed by atoms with Gasteiger partial charge in [-0.15, -0.1) is 0 Å². The van der Waals surface area contributed by atoms with E-state index >= 15 is 0 Å². The van der Waals surface area contributed by atoms with E-state index in [1.165, 1.54) is 5.57 Å². The van der Waals surface area contributed by atoms with Crippen molar-refractivity contribution in [3.05, 3.63) is 23.8 Å². The number of carbonyl (C=O) groups is 1. The van der Waals surface area contributed by atoms with Crippen molar-refractivity contribution in [1.29, 1.82) is 0 Å². The number of allylic oxidation sites excluding steroid dienone is 2. The Morgan fingerprint density at radius 1 is 1.22 bits per heavy atom. The Morgan fingerprint density at radius 3 is 2.81 bits per heavy atom. The molecule has 0 aromatic rings. The van der Waals surface area contributed by atoms with Gasteiger partial charge in [0, 0.05) is 6.42 Å². The molecular weight excluding hydrogens is 336 g/mol. The van der Waals surface area contributed by atoms with Gasteiger partial charge >= 0.3 is 0 Å². The van der Waals surface area contributed by atoms with Crippen LogP contribution in [0.5, 0.6) is 0 Å². The lowest BCUT2D eigenvalue weighted by Gasteiger charge is -2.60. The summed E-state index contributed by atoms with van der Waals surface area (Å²) in [5.74, 6) is 1.99. The molecule has 3 fully saturated rings. The number of hydrogen-bond donors (Lipinski definition) is 1. The summed E-state index contributed by atoms with van der Waals surface area (Å²) in [6, 6.07) is 0. The zero-order valence-electron chi connectivity index (χ0n) is 17.2. The molecule has 0 aromatic heterocycles. The van der Waals surface area contributed by atoms with Gasteiger partial charge in [-0.1, -0.05) is 38.5 Å². The van der Waals surface area contributed by atoms with Gasteiger partial charge in [-0.2, -0.15) is 0 Å². The standard InChI is InChI=1S/C24H36O3/c1-4-5-6-13-27-20-15-24(3)19(9-10-21(24)26)18-8-7-16-14-17(25)11-12-23(16,2)22(18)20/h5-6,14,18-22,26H,4,7-13,15H2,1-3H3/b6-5+. The highest BCUT2D eigenvalue weighted by Gasteiger charge is 2.62. The number of ether oxygens (including phenoxy) is 1. The predicted octanol–water partition coefficient (Wildman–Crippen LogP) is 4.84. The molecule has 0 amide bonds. The fourth-order valence-electron chi connectivity index (χ4n) is 7.20. The molecule has 7 atom stereocenters. The van der Waals surface area contributed by atoms with Crippen molar-refractivity contribution < 1.29 is 14.6 Å². The van der Waals surface area contributed by atoms with Crippen molar-refractivity contribution in [2.45, 2.75) is 84.3 Å². The third-order valence-electron chi connectivity index (χ3n) is 8.63. The summed E-state index contributed by atoms with van der Waals surface area (Å²) < 4.78 is 6.51. The topological polar surface area (TPSA) is 46.5 Å². The van der Waals surface area contributed by atoms with Gasteiger partial charge in [0.2, 0.25) is 0 Å². The lowest BCUT2D eigenvalue weighted by Crippen LogP contribution is -2.57. The maximum Gasteiger partial charge on any atom is 0.155 e. The van der Waals surface area contributed by atoms with E-state index in [1.54, 1.807) is 0 Å². The molecule has 0 spiro atoms. The van der Waals surface area contributed by atoms with Crippen LogP contribution >= 0.6 is 0 Å². The average Bonchev–Trinajstić information content (AvgIpc) is 2.94. The number of fused-ring (bicyclic) bond motifs is 5. The van der Waals surface area contributed by atoms with Crippen LogP contribution in [-0.2, 0) is 9.53 Å². The summed E-state index contributed by atoms with van der Waals surface area (Å²) in [4.78, 5) is 12.1. The van der Waals surface area contributed by atoms with Crippen LogP contribution in [0.25, 0.3) is 0 Å². The minimum Gasteiger partial charge on any atom is -0.393 e. The minimum absolute atomic E-state index is 0.0115. The van der Waals surface area contributed by atoms with Crippen molar-refractivity contribution in [1.82, 2.24) is 0 Å². The molecule has 3 saturated carbocycles. The zero-order valence-corrected chi connectivity index (χ0v) is 17.2. The van der Waals surface area contributed by atoms with Gasteiger partial charge < -0.3 is 9.84 Å². The Morgan fingerprint density at radius 2 is 2.04 bits per heavy atom. The van der Waals surface area contributed by atoms with Gasteiger partial charge in [-0.3, -0.25) is 4.79 Å². The molecule has 150 valence electrons. The van der Waals surface area contributed by atoms with Gasteiger partial charge in [-0.05, 0) is 79.6 Å². The van der Waals surface area contributed by atoms with E-state index in [2.05, 4.69) is 32.9 Å². The molecule has 4 aliphatic rings. The Labute approximate surface area is 164 Å². The summed E-state index contributed by atoms with van der Waals surface area (Å²) in [5, 5.41) is 10.8. The first-order valence-corrected chi connectivity index (χ1v) is 11.1. The summed E-state index contributed by atoms with van der Waals surface area (Å²) in [6.45, 7) is 7.51. The Bertz CT molecular complexity index is 650. The van der Waals surface area contributed by atoms with Gasteiger partial charge in [0.1, 0.15) is 0 Å². The molecule has 7 unspecified atom stereocenters. The van der Waals surface area contributed by atoms with Crippen molar-refractivity contribution in [2.24, 2.45) is 28.6 Å². The first kappa shape index (κ1) is 19.4. The third kappa shape index (κ3) is 3.06. The Hall–Kier alpha value is -0.930. The molecule has 0 saturated heterocycles. The van der Waals surface area contributed by atoms with Crippen LogP contribution in [0.2, 0.25) is 0 Å². The van der Waals surface area contributed by atoms with E-state index in [4.69, 9.17) is 4.74 Å². The summed E-state index contributed by atoms with van der Waals surface area (Å²) in [6.07, 6.45) is 14.2. The highest BCUT2D eigenvalue weighted by atomic mass is 16.5. The van der Waals surface area contributed by atoms with Crippen LogP contribution in [0.1, 0.15) is 72.1 Å². The number of ketones is 1. The second-order valence-electron chi connectivity index (χ2n) is 9.94. The molecular formula is C24H36O3. The molecule has 3 nitrogen and oxygen atoms in total. The first-order chi connectivity index (χ1) is 12.9. The first-order valence-electron chi connectivity index (χ1n) is 11.1. The van der Waals surface area contributed by atoms with E-state index in [9.17, 15) is 9.90 Å². The van der Waals surface area contributed by atoms with E-state index in [0.717, 1.165) is 44.9 Å². The van der Waals surface area contributed by atoms with E-state index in [1.807, 2.05) is 6.08 Å². The molecule has 0 aromatic carbocycles. The maximum absolute atomic E-state index is 12.1. The van der Waals surface area contributed by atoms with Crippen LogP contribution in [-0.4, -0.2) is 29.7 Å². The maximum atomic E-state index is 12.1. The molecule has 0 radical (unpaired) electrons. The monoisotopic (exact) mass is 372 g/mol.